The highest BCUT2D eigenvalue weighted by Gasteiger charge is 2.29. The summed E-state index contributed by atoms with van der Waals surface area (Å²) < 4.78 is 11.0. The molecule has 4 rings (SSSR count). The van der Waals surface area contributed by atoms with Gasteiger partial charge in [0.2, 0.25) is 0 Å². The van der Waals surface area contributed by atoms with Crippen molar-refractivity contribution in [1.82, 2.24) is 9.80 Å². The maximum atomic E-state index is 12.6. The van der Waals surface area contributed by atoms with Crippen LogP contribution in [-0.2, 0) is 11.3 Å². The van der Waals surface area contributed by atoms with Gasteiger partial charge in [-0.05, 0) is 37.3 Å². The molecule has 1 aromatic carbocycles. The lowest BCUT2D eigenvalue weighted by Gasteiger charge is -2.34. The van der Waals surface area contributed by atoms with E-state index in [1.54, 1.807) is 48.2 Å². The number of likely N-dealkylation sites (N-methyl/N-ethyl adjacent to an activating group) is 1. The van der Waals surface area contributed by atoms with E-state index in [2.05, 4.69) is 10.2 Å². The number of urea groups is 1. The van der Waals surface area contributed by atoms with Crippen LogP contribution in [0.25, 0.3) is 0 Å². The monoisotopic (exact) mass is 384 g/mol. The molecule has 1 atom stereocenters. The van der Waals surface area contributed by atoms with Crippen molar-refractivity contribution in [2.24, 2.45) is 0 Å². The number of rotatable bonds is 3. The Bertz CT molecular complexity index is 859. The first-order chi connectivity index (χ1) is 13.5. The van der Waals surface area contributed by atoms with Crippen LogP contribution in [0.2, 0.25) is 0 Å². The molecule has 1 saturated heterocycles. The minimum absolute atomic E-state index is 0.108. The van der Waals surface area contributed by atoms with Gasteiger partial charge in [0.05, 0.1) is 18.5 Å². The third-order valence-electron chi connectivity index (χ3n) is 5.17. The first kappa shape index (κ1) is 18.4. The number of anilines is 2. The molecule has 2 aliphatic heterocycles. The van der Waals surface area contributed by atoms with Crippen molar-refractivity contribution in [1.29, 1.82) is 0 Å². The van der Waals surface area contributed by atoms with Crippen LogP contribution < -0.4 is 15.0 Å². The standard InChI is InChI=1S/C20H24N4O4/c1-14-19(25)22(2)17-12-15(5-6-18(17)28-14)21-20(26)24-9-7-23(8-10-24)13-16-4-3-11-27-16/h3-6,11-12,14H,7-10,13H2,1-2H3,(H,21,26). The fraction of sp³-hybridized carbons (Fsp3) is 0.400. The summed E-state index contributed by atoms with van der Waals surface area (Å²) in [4.78, 5) is 30.4. The summed E-state index contributed by atoms with van der Waals surface area (Å²) in [6.45, 7) is 5.37. The van der Waals surface area contributed by atoms with Crippen LogP contribution in [0.1, 0.15) is 12.7 Å². The third kappa shape index (κ3) is 3.68. The quantitative estimate of drug-likeness (QED) is 0.879. The van der Waals surface area contributed by atoms with E-state index in [1.165, 1.54) is 0 Å². The second-order valence-electron chi connectivity index (χ2n) is 7.11. The number of hydrogen-bond donors (Lipinski definition) is 1. The van der Waals surface area contributed by atoms with Crippen LogP contribution >= 0.6 is 0 Å². The van der Waals surface area contributed by atoms with Crippen molar-refractivity contribution in [2.75, 3.05) is 43.4 Å². The Morgan fingerprint density at radius 2 is 2.00 bits per heavy atom. The minimum atomic E-state index is -0.504. The zero-order valence-electron chi connectivity index (χ0n) is 16.1. The molecule has 0 radical (unpaired) electrons. The molecule has 0 bridgehead atoms. The maximum absolute atomic E-state index is 12.6. The Balaban J connectivity index is 1.35. The number of furan rings is 1. The van der Waals surface area contributed by atoms with Crippen molar-refractivity contribution < 1.29 is 18.7 Å². The molecule has 2 aromatic rings. The smallest absolute Gasteiger partial charge is 0.321 e. The number of ether oxygens (including phenoxy) is 1. The number of nitrogens with one attached hydrogen (secondary N) is 1. The normalized spacial score (nSPS) is 19.9. The number of amides is 3. The number of benzene rings is 1. The van der Waals surface area contributed by atoms with Crippen molar-refractivity contribution in [3.8, 4) is 5.75 Å². The third-order valence-corrected chi connectivity index (χ3v) is 5.17. The molecule has 8 nitrogen and oxygen atoms in total. The number of hydrogen-bond acceptors (Lipinski definition) is 5. The molecule has 1 N–H and O–H groups in total. The average molecular weight is 384 g/mol. The predicted octanol–water partition coefficient (Wildman–Crippen LogP) is 2.37. The minimum Gasteiger partial charge on any atom is -0.479 e. The van der Waals surface area contributed by atoms with Gasteiger partial charge in [-0.2, -0.15) is 0 Å². The molecule has 28 heavy (non-hydrogen) atoms. The number of piperazine rings is 1. The zero-order chi connectivity index (χ0) is 19.7. The molecule has 1 unspecified atom stereocenters. The molecule has 3 heterocycles. The van der Waals surface area contributed by atoms with Crippen LogP contribution in [-0.4, -0.2) is 61.1 Å². The molecule has 0 spiro atoms. The Morgan fingerprint density at radius 1 is 1.21 bits per heavy atom. The van der Waals surface area contributed by atoms with E-state index < -0.39 is 6.10 Å². The van der Waals surface area contributed by atoms with Gasteiger partial charge in [-0.3, -0.25) is 9.69 Å². The summed E-state index contributed by atoms with van der Waals surface area (Å²) in [6.07, 6.45) is 1.17. The first-order valence-electron chi connectivity index (χ1n) is 9.40. The maximum Gasteiger partial charge on any atom is 0.321 e. The molecule has 8 heteroatoms. The lowest BCUT2D eigenvalue weighted by atomic mass is 10.2. The first-order valence-corrected chi connectivity index (χ1v) is 9.40. The van der Waals surface area contributed by atoms with E-state index in [0.29, 0.717) is 30.2 Å². The molecule has 1 aromatic heterocycles. The summed E-state index contributed by atoms with van der Waals surface area (Å²) in [5, 5.41) is 2.93. The number of fused-ring (bicyclic) bond motifs is 1. The van der Waals surface area contributed by atoms with Gasteiger partial charge in [0, 0.05) is 38.9 Å². The van der Waals surface area contributed by atoms with E-state index in [4.69, 9.17) is 9.15 Å². The molecule has 148 valence electrons. The highest BCUT2D eigenvalue weighted by molar-refractivity contribution is 6.00. The van der Waals surface area contributed by atoms with E-state index in [-0.39, 0.29) is 11.9 Å². The van der Waals surface area contributed by atoms with Gasteiger partial charge in [0.15, 0.2) is 6.10 Å². The fourth-order valence-corrected chi connectivity index (χ4v) is 3.52. The summed E-state index contributed by atoms with van der Waals surface area (Å²) >= 11 is 0. The summed E-state index contributed by atoms with van der Waals surface area (Å²) in [5.41, 5.74) is 1.30. The molecular formula is C20H24N4O4. The summed E-state index contributed by atoms with van der Waals surface area (Å²) in [7, 11) is 1.71. The van der Waals surface area contributed by atoms with Gasteiger partial charge in [-0.1, -0.05) is 0 Å². The topological polar surface area (TPSA) is 78.3 Å². The molecule has 0 saturated carbocycles. The zero-order valence-corrected chi connectivity index (χ0v) is 16.1. The lowest BCUT2D eigenvalue weighted by molar-refractivity contribution is -0.125. The van der Waals surface area contributed by atoms with Gasteiger partial charge >= 0.3 is 6.03 Å². The average Bonchev–Trinajstić information content (AvgIpc) is 3.20. The molecule has 2 aliphatic rings. The molecule has 0 aliphatic carbocycles. The largest absolute Gasteiger partial charge is 0.479 e. The number of carbonyl (C=O) groups is 2. The Labute approximate surface area is 163 Å². The van der Waals surface area contributed by atoms with E-state index >= 15 is 0 Å². The number of carbonyl (C=O) groups excluding carboxylic acids is 2. The highest BCUT2D eigenvalue weighted by Crippen LogP contribution is 2.35. The van der Waals surface area contributed by atoms with Crippen LogP contribution in [0.3, 0.4) is 0 Å². The fourth-order valence-electron chi connectivity index (χ4n) is 3.52. The Hall–Kier alpha value is -3.00. The van der Waals surface area contributed by atoms with Crippen LogP contribution in [0.5, 0.6) is 5.75 Å². The van der Waals surface area contributed by atoms with Crippen LogP contribution in [0.4, 0.5) is 16.2 Å². The van der Waals surface area contributed by atoms with Crippen molar-refractivity contribution in [3.63, 3.8) is 0 Å². The Morgan fingerprint density at radius 3 is 2.71 bits per heavy atom. The number of nitrogens with zero attached hydrogens (tertiary/aromatic N) is 3. The molecule has 1 fully saturated rings. The van der Waals surface area contributed by atoms with Crippen LogP contribution in [0, 0.1) is 0 Å². The van der Waals surface area contributed by atoms with E-state index in [0.717, 1.165) is 25.4 Å². The summed E-state index contributed by atoms with van der Waals surface area (Å²) in [6, 6.07) is 9.04. The van der Waals surface area contributed by atoms with Gasteiger partial charge in [-0.15, -0.1) is 0 Å². The summed E-state index contributed by atoms with van der Waals surface area (Å²) in [5.74, 6) is 1.46. The molecule has 3 amide bonds. The SMILES string of the molecule is CC1Oc2ccc(NC(=O)N3CCN(Cc4ccco4)CC3)cc2N(C)C1=O. The van der Waals surface area contributed by atoms with E-state index in [1.807, 2.05) is 12.1 Å². The van der Waals surface area contributed by atoms with Crippen molar-refractivity contribution in [3.05, 3.63) is 42.4 Å². The van der Waals surface area contributed by atoms with Gasteiger partial charge in [0.1, 0.15) is 11.5 Å². The van der Waals surface area contributed by atoms with E-state index in [9.17, 15) is 9.59 Å². The van der Waals surface area contributed by atoms with Gasteiger partial charge in [-0.25, -0.2) is 4.79 Å². The van der Waals surface area contributed by atoms with Crippen LogP contribution in [0.15, 0.2) is 41.0 Å². The second-order valence-corrected chi connectivity index (χ2v) is 7.11. The predicted molar refractivity (Wildman–Crippen MR) is 105 cm³/mol. The van der Waals surface area contributed by atoms with Gasteiger partial charge in [0.25, 0.3) is 5.91 Å². The van der Waals surface area contributed by atoms with Crippen molar-refractivity contribution >= 4 is 23.3 Å². The highest BCUT2D eigenvalue weighted by atomic mass is 16.5. The second kappa shape index (κ2) is 7.55. The lowest BCUT2D eigenvalue weighted by Crippen LogP contribution is -2.49. The van der Waals surface area contributed by atoms with Gasteiger partial charge < -0.3 is 24.3 Å². The molecular weight excluding hydrogens is 360 g/mol. The van der Waals surface area contributed by atoms with Crippen molar-refractivity contribution in [2.45, 2.75) is 19.6 Å². The Kier molecular flexibility index (Phi) is 4.95.